The third kappa shape index (κ3) is 5.17. The second kappa shape index (κ2) is 10.3. The molecule has 6 rings (SSSR count). The zero-order valence-corrected chi connectivity index (χ0v) is 21.8. The van der Waals surface area contributed by atoms with E-state index in [0.717, 1.165) is 35.0 Å². The Hall–Kier alpha value is -4.03. The zero-order chi connectivity index (χ0) is 27.0. The molecule has 1 saturated heterocycles. The van der Waals surface area contributed by atoms with Crippen LogP contribution < -0.4 is 10.2 Å². The Morgan fingerprint density at radius 2 is 1.79 bits per heavy atom. The van der Waals surface area contributed by atoms with Crippen molar-refractivity contribution < 1.29 is 22.7 Å². The van der Waals surface area contributed by atoms with Crippen molar-refractivity contribution in [3.8, 4) is 11.6 Å². The van der Waals surface area contributed by atoms with Crippen molar-refractivity contribution in [1.82, 2.24) is 15.2 Å². The van der Waals surface area contributed by atoms with E-state index in [1.807, 2.05) is 59.5 Å². The van der Waals surface area contributed by atoms with Crippen LogP contribution in [-0.4, -0.2) is 59.1 Å². The van der Waals surface area contributed by atoms with Crippen LogP contribution >= 0.6 is 11.3 Å². The monoisotopic (exact) mass is 550 g/mol. The standard InChI is InChI=1S/C27H24F2N6O3S/c1-27(28,29)25-31-21(24(39-25)35-11-13-37-14-12-35)23-33-34-26(38-23)32-22-19(36)15-17-9-5-6-10-18(17)20(30-22)16-7-3-2-4-8-16/h2-10,22H,11-15H2,1H3,(H,32,34)/t22-/m1/s1. The first kappa shape index (κ1) is 25.3. The summed E-state index contributed by atoms with van der Waals surface area (Å²) in [6.45, 7) is 2.80. The Balaban J connectivity index is 1.33. The van der Waals surface area contributed by atoms with E-state index in [1.54, 1.807) is 0 Å². The number of rotatable bonds is 6. The summed E-state index contributed by atoms with van der Waals surface area (Å²) in [6.07, 6.45) is -0.831. The predicted molar refractivity (Wildman–Crippen MR) is 143 cm³/mol. The number of anilines is 2. The van der Waals surface area contributed by atoms with Gasteiger partial charge >= 0.3 is 6.01 Å². The third-order valence-corrected chi connectivity index (χ3v) is 7.71. The number of hydrogen-bond donors (Lipinski definition) is 1. The van der Waals surface area contributed by atoms with Crippen LogP contribution in [0.25, 0.3) is 11.6 Å². The normalized spacial score (nSPS) is 17.9. The zero-order valence-electron chi connectivity index (χ0n) is 20.9. The highest BCUT2D eigenvalue weighted by atomic mass is 32.1. The van der Waals surface area contributed by atoms with E-state index >= 15 is 0 Å². The van der Waals surface area contributed by atoms with Crippen molar-refractivity contribution in [1.29, 1.82) is 0 Å². The van der Waals surface area contributed by atoms with Gasteiger partial charge in [-0.25, -0.2) is 4.98 Å². The molecule has 39 heavy (non-hydrogen) atoms. The molecule has 1 atom stereocenters. The summed E-state index contributed by atoms with van der Waals surface area (Å²) in [6, 6.07) is 17.2. The lowest BCUT2D eigenvalue weighted by atomic mass is 9.96. The van der Waals surface area contributed by atoms with Gasteiger partial charge in [-0.05, 0) is 5.56 Å². The third-order valence-electron chi connectivity index (χ3n) is 6.42. The number of fused-ring (bicyclic) bond motifs is 1. The summed E-state index contributed by atoms with van der Waals surface area (Å²) in [4.78, 5) is 24.1. The Labute approximate surface area is 226 Å². The number of nitrogens with one attached hydrogen (secondary N) is 1. The van der Waals surface area contributed by atoms with E-state index in [4.69, 9.17) is 14.1 Å². The van der Waals surface area contributed by atoms with Crippen LogP contribution in [0.2, 0.25) is 0 Å². The van der Waals surface area contributed by atoms with Crippen LogP contribution in [0, 0.1) is 0 Å². The molecule has 0 unspecified atom stereocenters. The lowest BCUT2D eigenvalue weighted by Gasteiger charge is -2.27. The number of ether oxygens (including phenoxy) is 1. The summed E-state index contributed by atoms with van der Waals surface area (Å²) in [7, 11) is 0. The first-order valence-electron chi connectivity index (χ1n) is 12.4. The van der Waals surface area contributed by atoms with Crippen molar-refractivity contribution >= 4 is 33.8 Å². The van der Waals surface area contributed by atoms with Gasteiger partial charge in [0.1, 0.15) is 5.00 Å². The molecule has 0 radical (unpaired) electrons. The van der Waals surface area contributed by atoms with Crippen LogP contribution in [0.5, 0.6) is 0 Å². The average Bonchev–Trinajstić information content (AvgIpc) is 3.57. The largest absolute Gasteiger partial charge is 0.402 e. The topological polar surface area (TPSA) is 106 Å². The van der Waals surface area contributed by atoms with Crippen molar-refractivity contribution in [2.45, 2.75) is 25.4 Å². The van der Waals surface area contributed by atoms with Crippen molar-refractivity contribution in [2.24, 2.45) is 4.99 Å². The molecule has 200 valence electrons. The molecule has 9 nitrogen and oxygen atoms in total. The number of morpholine rings is 1. The number of benzene rings is 2. The average molecular weight is 551 g/mol. The first-order valence-corrected chi connectivity index (χ1v) is 13.2. The number of aromatic nitrogens is 3. The second-order valence-electron chi connectivity index (χ2n) is 9.26. The summed E-state index contributed by atoms with van der Waals surface area (Å²) < 4.78 is 39.6. The van der Waals surface area contributed by atoms with Crippen LogP contribution in [0.4, 0.5) is 19.8 Å². The lowest BCUT2D eigenvalue weighted by molar-refractivity contribution is -0.119. The van der Waals surface area contributed by atoms with Crippen molar-refractivity contribution in [2.75, 3.05) is 36.5 Å². The number of halogens is 2. The fourth-order valence-corrected chi connectivity index (χ4v) is 5.55. The number of Topliss-reactive ketones (excluding diaryl/α,β-unsaturated/α-hetero) is 1. The maximum absolute atomic E-state index is 14.2. The number of alkyl halides is 2. The molecule has 2 aliphatic rings. The summed E-state index contributed by atoms with van der Waals surface area (Å²) in [5.74, 6) is -3.33. The van der Waals surface area contributed by atoms with Crippen molar-refractivity contribution in [3.05, 3.63) is 76.3 Å². The van der Waals surface area contributed by atoms with Gasteiger partial charge < -0.3 is 19.4 Å². The van der Waals surface area contributed by atoms with Crippen LogP contribution in [0.15, 0.2) is 64.0 Å². The van der Waals surface area contributed by atoms with Gasteiger partial charge in [0.15, 0.2) is 22.7 Å². The quantitative estimate of drug-likeness (QED) is 0.373. The van der Waals surface area contributed by atoms with Gasteiger partial charge in [-0.3, -0.25) is 9.79 Å². The maximum atomic E-state index is 14.2. The molecule has 0 bridgehead atoms. The molecule has 0 spiro atoms. The van der Waals surface area contributed by atoms with Gasteiger partial charge in [0.05, 0.1) is 18.9 Å². The van der Waals surface area contributed by atoms with Gasteiger partial charge in [-0.1, -0.05) is 71.0 Å². The minimum absolute atomic E-state index is 0.0256. The molecule has 0 aliphatic carbocycles. The van der Waals surface area contributed by atoms with Gasteiger partial charge in [-0.15, -0.1) is 5.10 Å². The summed E-state index contributed by atoms with van der Waals surface area (Å²) >= 11 is 0.892. The maximum Gasteiger partial charge on any atom is 0.317 e. The van der Waals surface area contributed by atoms with Crippen LogP contribution in [-0.2, 0) is 21.9 Å². The molecule has 1 fully saturated rings. The predicted octanol–water partition coefficient (Wildman–Crippen LogP) is 4.54. The van der Waals surface area contributed by atoms with E-state index in [9.17, 15) is 13.6 Å². The Bertz CT molecular complexity index is 1530. The molecule has 4 aromatic rings. The van der Waals surface area contributed by atoms with E-state index < -0.39 is 12.1 Å². The number of thiazole rings is 1. The van der Waals surface area contributed by atoms with E-state index in [2.05, 4.69) is 20.5 Å². The Morgan fingerprint density at radius 1 is 1.05 bits per heavy atom. The highest BCUT2D eigenvalue weighted by molar-refractivity contribution is 7.16. The smallest absolute Gasteiger partial charge is 0.317 e. The van der Waals surface area contributed by atoms with E-state index in [-0.39, 0.29) is 34.8 Å². The number of hydrogen-bond acceptors (Lipinski definition) is 10. The number of nitrogens with zero attached hydrogens (tertiary/aromatic N) is 5. The first-order chi connectivity index (χ1) is 18.9. The van der Waals surface area contributed by atoms with E-state index in [1.165, 1.54) is 0 Å². The lowest BCUT2D eigenvalue weighted by Crippen LogP contribution is -2.36. The van der Waals surface area contributed by atoms with Gasteiger partial charge in [0, 0.05) is 37.6 Å². The molecule has 12 heteroatoms. The number of aliphatic imine (C=N–C) groups is 1. The molecule has 1 N–H and O–H groups in total. The summed E-state index contributed by atoms with van der Waals surface area (Å²) in [5, 5.41) is 11.2. The highest BCUT2D eigenvalue weighted by Gasteiger charge is 2.34. The minimum Gasteiger partial charge on any atom is -0.402 e. The van der Waals surface area contributed by atoms with Gasteiger partial charge in [0.25, 0.3) is 11.8 Å². The molecule has 2 aromatic carbocycles. The van der Waals surface area contributed by atoms with Crippen molar-refractivity contribution in [3.63, 3.8) is 0 Å². The fraction of sp³-hybridized carbons (Fsp3) is 0.296. The molecule has 2 aliphatic heterocycles. The second-order valence-corrected chi connectivity index (χ2v) is 10.2. The molecule has 4 heterocycles. The molecule has 0 amide bonds. The molecule has 2 aromatic heterocycles. The van der Waals surface area contributed by atoms with Crippen LogP contribution in [0.1, 0.15) is 28.6 Å². The SMILES string of the molecule is CC(F)(F)c1nc(-c2nnc(N[C@H]3N=C(c4ccccc4)c4ccccc4CC3=O)o2)c(N2CCOCC2)s1. The van der Waals surface area contributed by atoms with E-state index in [0.29, 0.717) is 37.0 Å². The van der Waals surface area contributed by atoms with Crippen LogP contribution in [0.3, 0.4) is 0 Å². The van der Waals surface area contributed by atoms with Gasteiger partial charge in [-0.2, -0.15) is 8.78 Å². The Kier molecular flexibility index (Phi) is 6.65. The number of carbonyl (C=O) groups excluding carboxylic acids is 1. The summed E-state index contributed by atoms with van der Waals surface area (Å²) in [5.41, 5.74) is 3.44. The minimum atomic E-state index is -3.13. The molecular weight excluding hydrogens is 526 g/mol. The highest BCUT2D eigenvalue weighted by Crippen LogP contribution is 2.42. The van der Waals surface area contributed by atoms with Gasteiger partial charge in [0.2, 0.25) is 0 Å². The Morgan fingerprint density at radius 3 is 2.56 bits per heavy atom. The number of carbonyl (C=O) groups is 1. The molecular formula is C27H24F2N6O3S. The number of ketones is 1. The fourth-order valence-electron chi connectivity index (χ4n) is 4.51. The molecule has 0 saturated carbocycles.